The van der Waals surface area contributed by atoms with Crippen molar-refractivity contribution in [3.63, 3.8) is 0 Å². The largest absolute Gasteiger partial charge is 0.346 e. The molecule has 1 aromatic carbocycles. The van der Waals surface area contributed by atoms with E-state index in [9.17, 15) is 9.59 Å². The van der Waals surface area contributed by atoms with E-state index in [4.69, 9.17) is 11.6 Å². The number of halogens is 1. The summed E-state index contributed by atoms with van der Waals surface area (Å²) >= 11 is 6.06. The Morgan fingerprint density at radius 2 is 2.00 bits per heavy atom. The van der Waals surface area contributed by atoms with E-state index in [-0.39, 0.29) is 18.1 Å². The van der Waals surface area contributed by atoms with E-state index in [2.05, 4.69) is 0 Å². The van der Waals surface area contributed by atoms with Crippen molar-refractivity contribution in [2.45, 2.75) is 25.6 Å². The van der Waals surface area contributed by atoms with Gasteiger partial charge in [-0.1, -0.05) is 18.2 Å². The average molecular weight is 317 g/mol. The molecular weight excluding hydrogens is 300 g/mol. The monoisotopic (exact) mass is 316 g/mol. The molecule has 1 amide bonds. The van der Waals surface area contributed by atoms with Gasteiger partial charge in [0.05, 0.1) is 11.4 Å². The molecule has 1 aliphatic rings. The highest BCUT2D eigenvalue weighted by atomic mass is 35.5. The maximum atomic E-state index is 12.7. The lowest BCUT2D eigenvalue weighted by molar-refractivity contribution is -0.117. The number of para-hydroxylation sites is 1. The van der Waals surface area contributed by atoms with Gasteiger partial charge in [0.2, 0.25) is 5.91 Å². The van der Waals surface area contributed by atoms with Gasteiger partial charge in [-0.25, -0.2) is 0 Å². The maximum Gasteiger partial charge on any atom is 0.249 e. The Balaban J connectivity index is 2.34. The smallest absolute Gasteiger partial charge is 0.249 e. The minimum Gasteiger partial charge on any atom is -0.346 e. The van der Waals surface area contributed by atoms with Crippen LogP contribution >= 0.6 is 11.6 Å². The molecule has 1 aliphatic heterocycles. The predicted octanol–water partition coefficient (Wildman–Crippen LogP) is 3.36. The number of anilines is 2. The van der Waals surface area contributed by atoms with Crippen LogP contribution in [0.3, 0.4) is 0 Å². The van der Waals surface area contributed by atoms with Crippen molar-refractivity contribution in [1.29, 1.82) is 0 Å². The van der Waals surface area contributed by atoms with Crippen molar-refractivity contribution in [1.82, 2.24) is 4.57 Å². The summed E-state index contributed by atoms with van der Waals surface area (Å²) in [4.78, 5) is 27.0. The molecular formula is C17H17ClN2O2. The van der Waals surface area contributed by atoms with Gasteiger partial charge in [-0.3, -0.25) is 14.5 Å². The van der Waals surface area contributed by atoms with Gasteiger partial charge >= 0.3 is 0 Å². The Hall–Kier alpha value is -2.07. The Morgan fingerprint density at radius 1 is 1.32 bits per heavy atom. The number of hydrogen-bond donors (Lipinski definition) is 0. The SMILES string of the molecule is Cc1cn(C)c2c1N(C(=O)C(C)Cl)c1ccccc1CC2=O. The fourth-order valence-corrected chi connectivity index (χ4v) is 3.14. The highest BCUT2D eigenvalue weighted by molar-refractivity contribution is 6.34. The standard InChI is InChI=1S/C17H17ClN2O2/c1-10-9-19(3)16-14(21)8-12-6-4-5-7-13(12)20(15(10)16)17(22)11(2)18/h4-7,9,11H,8H2,1-3H3. The fourth-order valence-electron chi connectivity index (χ4n) is 3.04. The maximum absolute atomic E-state index is 12.7. The second kappa shape index (κ2) is 5.29. The topological polar surface area (TPSA) is 42.3 Å². The van der Waals surface area contributed by atoms with Crippen LogP contribution in [0, 0.1) is 6.92 Å². The second-order valence-electron chi connectivity index (χ2n) is 5.64. The van der Waals surface area contributed by atoms with Crippen LogP contribution in [-0.2, 0) is 18.3 Å². The van der Waals surface area contributed by atoms with Gasteiger partial charge in [-0.15, -0.1) is 11.6 Å². The first-order valence-electron chi connectivity index (χ1n) is 7.17. The van der Waals surface area contributed by atoms with Crippen LogP contribution in [-0.4, -0.2) is 21.6 Å². The number of ketones is 1. The average Bonchev–Trinajstić information content (AvgIpc) is 2.68. The van der Waals surface area contributed by atoms with E-state index in [1.807, 2.05) is 44.4 Å². The lowest BCUT2D eigenvalue weighted by Crippen LogP contribution is -2.32. The van der Waals surface area contributed by atoms with Crippen LogP contribution in [0.4, 0.5) is 11.4 Å². The van der Waals surface area contributed by atoms with Crippen molar-refractivity contribution in [2.75, 3.05) is 4.90 Å². The van der Waals surface area contributed by atoms with Crippen molar-refractivity contribution < 1.29 is 9.59 Å². The molecule has 0 radical (unpaired) electrons. The molecule has 0 spiro atoms. The molecule has 22 heavy (non-hydrogen) atoms. The van der Waals surface area contributed by atoms with Gasteiger partial charge in [0.1, 0.15) is 11.1 Å². The van der Waals surface area contributed by atoms with Crippen LogP contribution in [0.2, 0.25) is 0 Å². The number of aromatic nitrogens is 1. The van der Waals surface area contributed by atoms with E-state index in [1.54, 1.807) is 16.4 Å². The minimum absolute atomic E-state index is 0.00979. The van der Waals surface area contributed by atoms with E-state index in [1.165, 1.54) is 0 Å². The first-order valence-corrected chi connectivity index (χ1v) is 7.60. The van der Waals surface area contributed by atoms with Crippen LogP contribution in [0.1, 0.15) is 28.5 Å². The molecule has 0 bridgehead atoms. The third-order valence-electron chi connectivity index (χ3n) is 3.97. The summed E-state index contributed by atoms with van der Waals surface area (Å²) in [7, 11) is 1.83. The van der Waals surface area contributed by atoms with Gasteiger partial charge in [0, 0.05) is 19.7 Å². The fraction of sp³-hybridized carbons (Fsp3) is 0.294. The van der Waals surface area contributed by atoms with Crippen LogP contribution in [0.5, 0.6) is 0 Å². The van der Waals surface area contributed by atoms with Crippen molar-refractivity contribution in [3.8, 4) is 0 Å². The summed E-state index contributed by atoms with van der Waals surface area (Å²) in [6, 6.07) is 7.49. The van der Waals surface area contributed by atoms with Gasteiger partial charge in [0.15, 0.2) is 5.78 Å². The number of benzene rings is 1. The number of hydrogen-bond acceptors (Lipinski definition) is 2. The van der Waals surface area contributed by atoms with E-state index in [0.29, 0.717) is 11.4 Å². The molecule has 0 aliphatic carbocycles. The number of nitrogens with zero attached hydrogens (tertiary/aromatic N) is 2. The lowest BCUT2D eigenvalue weighted by Gasteiger charge is -2.25. The number of carbonyl (C=O) groups is 2. The third kappa shape index (κ3) is 2.15. The summed E-state index contributed by atoms with van der Waals surface area (Å²) in [5.41, 5.74) is 3.66. The van der Waals surface area contributed by atoms with Crippen LogP contribution in [0.15, 0.2) is 30.5 Å². The minimum atomic E-state index is -0.672. The molecule has 3 rings (SSSR count). The molecule has 1 unspecified atom stereocenters. The molecule has 4 nitrogen and oxygen atoms in total. The number of Topliss-reactive ketones (excluding diaryl/α,β-unsaturated/α-hetero) is 1. The predicted molar refractivity (Wildman–Crippen MR) is 87.1 cm³/mol. The first-order chi connectivity index (χ1) is 10.4. The molecule has 0 fully saturated rings. The summed E-state index contributed by atoms with van der Waals surface area (Å²) in [6.45, 7) is 3.55. The molecule has 5 heteroatoms. The zero-order valence-corrected chi connectivity index (χ0v) is 13.5. The number of aryl methyl sites for hydroxylation is 2. The van der Waals surface area contributed by atoms with Crippen molar-refractivity contribution in [3.05, 3.63) is 47.3 Å². The quantitative estimate of drug-likeness (QED) is 0.757. The molecule has 1 aromatic heterocycles. The van der Waals surface area contributed by atoms with Crippen LogP contribution in [0.25, 0.3) is 0 Å². The Morgan fingerprint density at radius 3 is 2.68 bits per heavy atom. The molecule has 0 saturated carbocycles. The molecule has 0 N–H and O–H groups in total. The number of amides is 1. The number of alkyl halides is 1. The molecule has 0 saturated heterocycles. The zero-order chi connectivity index (χ0) is 16.0. The zero-order valence-electron chi connectivity index (χ0n) is 12.8. The highest BCUT2D eigenvalue weighted by Gasteiger charge is 2.34. The van der Waals surface area contributed by atoms with Crippen molar-refractivity contribution >= 4 is 34.7 Å². The number of rotatable bonds is 1. The highest BCUT2D eigenvalue weighted by Crippen LogP contribution is 2.39. The van der Waals surface area contributed by atoms with Gasteiger partial charge in [-0.05, 0) is 31.0 Å². The number of carbonyl (C=O) groups excluding carboxylic acids is 2. The Bertz CT molecular complexity index is 777. The first kappa shape index (κ1) is 14.9. The Labute approximate surface area is 134 Å². The summed E-state index contributed by atoms with van der Waals surface area (Å²) in [6.07, 6.45) is 2.15. The van der Waals surface area contributed by atoms with Crippen molar-refractivity contribution in [2.24, 2.45) is 7.05 Å². The van der Waals surface area contributed by atoms with Gasteiger partial charge in [0.25, 0.3) is 0 Å². The van der Waals surface area contributed by atoms with E-state index < -0.39 is 5.38 Å². The van der Waals surface area contributed by atoms with E-state index in [0.717, 1.165) is 16.8 Å². The molecule has 2 aromatic rings. The van der Waals surface area contributed by atoms with Gasteiger partial charge in [-0.2, -0.15) is 0 Å². The normalized spacial score (nSPS) is 15.1. The summed E-state index contributed by atoms with van der Waals surface area (Å²) < 4.78 is 1.79. The molecule has 2 heterocycles. The molecule has 114 valence electrons. The lowest BCUT2D eigenvalue weighted by atomic mass is 10.1. The van der Waals surface area contributed by atoms with E-state index >= 15 is 0 Å². The van der Waals surface area contributed by atoms with Gasteiger partial charge < -0.3 is 4.57 Å². The third-order valence-corrected chi connectivity index (χ3v) is 4.16. The van der Waals surface area contributed by atoms with Crippen LogP contribution < -0.4 is 4.90 Å². The summed E-state index contributed by atoms with van der Waals surface area (Å²) in [5, 5.41) is -0.672. The number of fused-ring (bicyclic) bond motifs is 2. The summed E-state index contributed by atoms with van der Waals surface area (Å²) in [5.74, 6) is -0.213. The Kier molecular flexibility index (Phi) is 3.57. The molecule has 1 atom stereocenters. The second-order valence-corrected chi connectivity index (χ2v) is 6.29.